The molecule has 0 aromatic heterocycles. The second-order valence-electron chi connectivity index (χ2n) is 3.83. The highest BCUT2D eigenvalue weighted by molar-refractivity contribution is 6.32. The lowest BCUT2D eigenvalue weighted by Crippen LogP contribution is -2.12. The first kappa shape index (κ1) is 9.59. The Balaban J connectivity index is 2.30. The summed E-state index contributed by atoms with van der Waals surface area (Å²) in [6.45, 7) is 1.97. The van der Waals surface area contributed by atoms with Crippen molar-refractivity contribution >= 4 is 17.3 Å². The van der Waals surface area contributed by atoms with Crippen LogP contribution in [-0.4, -0.2) is 5.60 Å². The summed E-state index contributed by atoms with van der Waals surface area (Å²) in [5.74, 6) is -0.230. The summed E-state index contributed by atoms with van der Waals surface area (Å²) in [5, 5.41) is -0.0295. The summed E-state index contributed by atoms with van der Waals surface area (Å²) in [6.07, 6.45) is 1.96. The van der Waals surface area contributed by atoms with E-state index in [1.165, 1.54) is 6.07 Å². The van der Waals surface area contributed by atoms with Crippen LogP contribution in [-0.2, 0) is 0 Å². The molecule has 2 N–H and O–H groups in total. The average molecular weight is 216 g/mol. The molecule has 0 saturated heterocycles. The minimum absolute atomic E-state index is 0.0295. The standard InChI is InChI=1S/C10H11ClFNO/c1-10(4-5-10)14-7-3-2-6(13)9(12)8(7)11/h2-3H,4-5,13H2,1H3. The molecule has 1 aliphatic carbocycles. The van der Waals surface area contributed by atoms with E-state index >= 15 is 0 Å². The zero-order chi connectivity index (χ0) is 10.3. The SMILES string of the molecule is CC1(Oc2ccc(N)c(F)c2Cl)CC1. The Kier molecular flexibility index (Phi) is 2.07. The van der Waals surface area contributed by atoms with Gasteiger partial charge >= 0.3 is 0 Å². The summed E-state index contributed by atoms with van der Waals surface area (Å²) >= 11 is 5.75. The van der Waals surface area contributed by atoms with Crippen LogP contribution >= 0.6 is 11.6 Å². The molecular formula is C10H11ClFNO. The van der Waals surface area contributed by atoms with Crippen molar-refractivity contribution in [1.29, 1.82) is 0 Å². The molecule has 0 radical (unpaired) electrons. The van der Waals surface area contributed by atoms with Crippen LogP contribution in [0.25, 0.3) is 0 Å². The van der Waals surface area contributed by atoms with Gasteiger partial charge in [-0.2, -0.15) is 0 Å². The van der Waals surface area contributed by atoms with E-state index in [1.807, 2.05) is 6.92 Å². The van der Waals surface area contributed by atoms with Crippen molar-refractivity contribution in [2.45, 2.75) is 25.4 Å². The summed E-state index contributed by atoms with van der Waals surface area (Å²) in [6, 6.07) is 3.06. The number of benzene rings is 1. The lowest BCUT2D eigenvalue weighted by Gasteiger charge is -2.14. The molecule has 1 aromatic carbocycles. The first-order valence-corrected chi connectivity index (χ1v) is 4.82. The van der Waals surface area contributed by atoms with Crippen molar-refractivity contribution in [3.05, 3.63) is 23.0 Å². The Morgan fingerprint density at radius 3 is 2.71 bits per heavy atom. The Hall–Kier alpha value is -0.960. The molecule has 0 unspecified atom stereocenters. The number of rotatable bonds is 2. The van der Waals surface area contributed by atoms with E-state index in [9.17, 15) is 4.39 Å². The number of ether oxygens (including phenoxy) is 1. The van der Waals surface area contributed by atoms with E-state index in [4.69, 9.17) is 22.1 Å². The van der Waals surface area contributed by atoms with Crippen LogP contribution in [0.3, 0.4) is 0 Å². The van der Waals surface area contributed by atoms with Crippen LogP contribution in [0.1, 0.15) is 19.8 Å². The van der Waals surface area contributed by atoms with Gasteiger partial charge in [0.1, 0.15) is 16.4 Å². The summed E-state index contributed by atoms with van der Waals surface area (Å²) in [7, 11) is 0. The van der Waals surface area contributed by atoms with Crippen molar-refractivity contribution < 1.29 is 9.13 Å². The Morgan fingerprint density at radius 1 is 1.50 bits per heavy atom. The molecule has 2 rings (SSSR count). The quantitative estimate of drug-likeness (QED) is 0.770. The van der Waals surface area contributed by atoms with Crippen LogP contribution < -0.4 is 10.5 Å². The zero-order valence-corrected chi connectivity index (χ0v) is 8.57. The predicted molar refractivity (Wildman–Crippen MR) is 54.1 cm³/mol. The van der Waals surface area contributed by atoms with Gasteiger partial charge in [-0.25, -0.2) is 4.39 Å². The van der Waals surface area contributed by atoms with Gasteiger partial charge in [-0.3, -0.25) is 0 Å². The van der Waals surface area contributed by atoms with Gasteiger partial charge in [0.05, 0.1) is 5.69 Å². The molecule has 2 nitrogen and oxygen atoms in total. The van der Waals surface area contributed by atoms with Gasteiger partial charge in [-0.1, -0.05) is 11.6 Å². The fraction of sp³-hybridized carbons (Fsp3) is 0.400. The van der Waals surface area contributed by atoms with Gasteiger partial charge in [-0.15, -0.1) is 0 Å². The molecule has 14 heavy (non-hydrogen) atoms. The van der Waals surface area contributed by atoms with Gasteiger partial charge in [-0.05, 0) is 31.9 Å². The Labute approximate surface area is 86.8 Å². The number of hydrogen-bond donors (Lipinski definition) is 1. The normalized spacial score (nSPS) is 17.9. The minimum Gasteiger partial charge on any atom is -0.486 e. The molecule has 0 amide bonds. The van der Waals surface area contributed by atoms with Gasteiger partial charge in [0.25, 0.3) is 0 Å². The highest BCUT2D eigenvalue weighted by Crippen LogP contribution is 2.42. The number of anilines is 1. The Morgan fingerprint density at radius 2 is 2.14 bits per heavy atom. The molecule has 1 fully saturated rings. The monoisotopic (exact) mass is 215 g/mol. The number of halogens is 2. The molecule has 4 heteroatoms. The van der Waals surface area contributed by atoms with E-state index in [-0.39, 0.29) is 16.3 Å². The van der Waals surface area contributed by atoms with E-state index in [2.05, 4.69) is 0 Å². The number of nitrogen functional groups attached to an aromatic ring is 1. The van der Waals surface area contributed by atoms with Crippen LogP contribution in [0.2, 0.25) is 5.02 Å². The molecule has 0 aliphatic heterocycles. The van der Waals surface area contributed by atoms with E-state index in [0.717, 1.165) is 12.8 Å². The third-order valence-corrected chi connectivity index (χ3v) is 2.74. The largest absolute Gasteiger partial charge is 0.486 e. The zero-order valence-electron chi connectivity index (χ0n) is 7.81. The number of hydrogen-bond acceptors (Lipinski definition) is 2. The third-order valence-electron chi connectivity index (χ3n) is 2.39. The maximum absolute atomic E-state index is 13.2. The fourth-order valence-corrected chi connectivity index (χ4v) is 1.38. The van der Waals surface area contributed by atoms with Crippen molar-refractivity contribution in [2.24, 2.45) is 0 Å². The average Bonchev–Trinajstić information content (AvgIpc) is 2.86. The molecular weight excluding hydrogens is 205 g/mol. The van der Waals surface area contributed by atoms with Gasteiger partial charge in [0.2, 0.25) is 0 Å². The molecule has 1 aromatic rings. The van der Waals surface area contributed by atoms with Crippen LogP contribution in [0.4, 0.5) is 10.1 Å². The molecule has 0 spiro atoms. The van der Waals surface area contributed by atoms with E-state index in [1.54, 1.807) is 6.07 Å². The highest BCUT2D eigenvalue weighted by atomic mass is 35.5. The van der Waals surface area contributed by atoms with E-state index in [0.29, 0.717) is 5.75 Å². The van der Waals surface area contributed by atoms with Crippen molar-refractivity contribution in [3.8, 4) is 5.75 Å². The van der Waals surface area contributed by atoms with Crippen molar-refractivity contribution in [2.75, 3.05) is 5.73 Å². The van der Waals surface area contributed by atoms with Crippen LogP contribution in [0, 0.1) is 5.82 Å². The maximum Gasteiger partial charge on any atom is 0.168 e. The fourth-order valence-electron chi connectivity index (χ4n) is 1.17. The topological polar surface area (TPSA) is 35.2 Å². The van der Waals surface area contributed by atoms with E-state index < -0.39 is 5.82 Å². The summed E-state index contributed by atoms with van der Waals surface area (Å²) in [5.41, 5.74) is 5.24. The lowest BCUT2D eigenvalue weighted by atomic mass is 10.3. The van der Waals surface area contributed by atoms with Gasteiger partial charge in [0, 0.05) is 0 Å². The predicted octanol–water partition coefficient (Wildman–Crippen LogP) is 2.99. The van der Waals surface area contributed by atoms with Crippen LogP contribution in [0.15, 0.2) is 12.1 Å². The first-order chi connectivity index (χ1) is 6.52. The van der Waals surface area contributed by atoms with Crippen LogP contribution in [0.5, 0.6) is 5.75 Å². The number of nitrogens with two attached hydrogens (primary N) is 1. The second kappa shape index (κ2) is 3.02. The molecule has 0 heterocycles. The highest BCUT2D eigenvalue weighted by Gasteiger charge is 2.40. The second-order valence-corrected chi connectivity index (χ2v) is 4.21. The first-order valence-electron chi connectivity index (χ1n) is 4.44. The van der Waals surface area contributed by atoms with Crippen molar-refractivity contribution in [1.82, 2.24) is 0 Å². The molecule has 76 valence electrons. The summed E-state index contributed by atoms with van der Waals surface area (Å²) in [4.78, 5) is 0. The third kappa shape index (κ3) is 1.64. The minimum atomic E-state index is -0.603. The summed E-state index contributed by atoms with van der Waals surface area (Å²) < 4.78 is 18.8. The molecule has 0 atom stereocenters. The Bertz CT molecular complexity index is 377. The lowest BCUT2D eigenvalue weighted by molar-refractivity contribution is 0.200. The van der Waals surface area contributed by atoms with Gasteiger partial charge in [0.15, 0.2) is 5.82 Å². The van der Waals surface area contributed by atoms with Gasteiger partial charge < -0.3 is 10.5 Å². The smallest absolute Gasteiger partial charge is 0.168 e. The molecule has 1 aliphatic rings. The molecule has 0 bridgehead atoms. The molecule has 1 saturated carbocycles. The maximum atomic E-state index is 13.2. The van der Waals surface area contributed by atoms with Crippen molar-refractivity contribution in [3.63, 3.8) is 0 Å².